The highest BCUT2D eigenvalue weighted by molar-refractivity contribution is 9.10. The molecule has 5 heteroatoms. The first kappa shape index (κ1) is 13.5. The van der Waals surface area contributed by atoms with Gasteiger partial charge in [-0.2, -0.15) is 9.97 Å². The number of nitrogens with two attached hydrogens (primary N) is 1. The highest BCUT2D eigenvalue weighted by Gasteiger charge is 2.20. The van der Waals surface area contributed by atoms with Crippen molar-refractivity contribution in [2.24, 2.45) is 0 Å². The summed E-state index contributed by atoms with van der Waals surface area (Å²) in [5, 5.41) is 0. The van der Waals surface area contributed by atoms with E-state index >= 15 is 0 Å². The van der Waals surface area contributed by atoms with Gasteiger partial charge in [0.05, 0.1) is 0 Å². The predicted octanol–water partition coefficient (Wildman–Crippen LogP) is 3.93. The average molecular weight is 333 g/mol. The van der Waals surface area contributed by atoms with E-state index in [1.807, 2.05) is 24.3 Å². The number of nitrogens with zero attached hydrogens (tertiary/aromatic N) is 3. The van der Waals surface area contributed by atoms with Crippen LogP contribution in [0.2, 0.25) is 0 Å². The van der Waals surface area contributed by atoms with Crippen LogP contribution in [-0.2, 0) is 0 Å². The Morgan fingerprint density at radius 1 is 1.00 bits per heavy atom. The van der Waals surface area contributed by atoms with Crippen LogP contribution in [0.1, 0.15) is 43.8 Å². The van der Waals surface area contributed by atoms with Crippen LogP contribution < -0.4 is 5.73 Å². The van der Waals surface area contributed by atoms with Crippen molar-refractivity contribution in [3.8, 4) is 11.4 Å². The predicted molar refractivity (Wildman–Crippen MR) is 83.2 cm³/mol. The summed E-state index contributed by atoms with van der Waals surface area (Å²) < 4.78 is 0.972. The fourth-order valence-corrected chi connectivity index (χ4v) is 3.18. The molecule has 4 nitrogen and oxygen atoms in total. The zero-order valence-electron chi connectivity index (χ0n) is 11.2. The van der Waals surface area contributed by atoms with Gasteiger partial charge in [-0.15, -0.1) is 0 Å². The Morgan fingerprint density at radius 3 is 2.50 bits per heavy atom. The van der Waals surface area contributed by atoms with E-state index in [1.165, 1.54) is 19.3 Å². The molecule has 1 heterocycles. The summed E-state index contributed by atoms with van der Waals surface area (Å²) in [5.74, 6) is 2.25. The summed E-state index contributed by atoms with van der Waals surface area (Å²) in [5.41, 5.74) is 6.83. The van der Waals surface area contributed by atoms with E-state index in [-0.39, 0.29) is 0 Å². The number of anilines is 1. The molecule has 1 aliphatic carbocycles. The fourth-order valence-electron chi connectivity index (χ4n) is 2.72. The minimum absolute atomic E-state index is 0.311. The molecule has 3 rings (SSSR count). The molecular formula is C15H17BrN4. The summed E-state index contributed by atoms with van der Waals surface area (Å²) in [4.78, 5) is 13.3. The lowest BCUT2D eigenvalue weighted by molar-refractivity contribution is 0.428. The molecule has 0 atom stereocenters. The lowest BCUT2D eigenvalue weighted by Gasteiger charge is -2.20. The van der Waals surface area contributed by atoms with Crippen molar-refractivity contribution >= 4 is 21.9 Å². The quantitative estimate of drug-likeness (QED) is 0.904. The Hall–Kier alpha value is -1.49. The minimum Gasteiger partial charge on any atom is -0.368 e. The van der Waals surface area contributed by atoms with Crippen LogP contribution in [-0.4, -0.2) is 15.0 Å². The SMILES string of the molecule is Nc1nc(-c2ccccc2Br)nc(C2CCCCC2)n1. The summed E-state index contributed by atoms with van der Waals surface area (Å²) in [6.07, 6.45) is 6.12. The Labute approximate surface area is 127 Å². The van der Waals surface area contributed by atoms with Crippen molar-refractivity contribution in [1.82, 2.24) is 15.0 Å². The average Bonchev–Trinajstić information content (AvgIpc) is 2.48. The van der Waals surface area contributed by atoms with Crippen LogP contribution in [0, 0.1) is 0 Å². The summed E-state index contributed by atoms with van der Waals surface area (Å²) in [7, 11) is 0. The molecule has 0 amide bonds. The summed E-state index contributed by atoms with van der Waals surface area (Å²) in [6, 6.07) is 7.92. The molecule has 0 spiro atoms. The Morgan fingerprint density at radius 2 is 1.75 bits per heavy atom. The summed E-state index contributed by atoms with van der Waals surface area (Å²) >= 11 is 3.54. The Balaban J connectivity index is 2.00. The van der Waals surface area contributed by atoms with Gasteiger partial charge in [0.15, 0.2) is 5.82 Å². The lowest BCUT2D eigenvalue weighted by atomic mass is 9.89. The molecule has 0 aliphatic heterocycles. The Bertz CT molecular complexity index is 609. The minimum atomic E-state index is 0.311. The topological polar surface area (TPSA) is 64.7 Å². The van der Waals surface area contributed by atoms with E-state index in [0.717, 1.165) is 28.7 Å². The molecule has 1 fully saturated rings. The van der Waals surface area contributed by atoms with Gasteiger partial charge in [0.1, 0.15) is 5.82 Å². The van der Waals surface area contributed by atoms with E-state index in [0.29, 0.717) is 17.7 Å². The van der Waals surface area contributed by atoms with Crippen LogP contribution in [0.5, 0.6) is 0 Å². The molecule has 1 saturated carbocycles. The van der Waals surface area contributed by atoms with Crippen LogP contribution in [0.4, 0.5) is 5.95 Å². The van der Waals surface area contributed by atoms with Gasteiger partial charge in [-0.05, 0) is 18.9 Å². The maximum atomic E-state index is 5.88. The monoisotopic (exact) mass is 332 g/mol. The van der Waals surface area contributed by atoms with Gasteiger partial charge in [-0.3, -0.25) is 0 Å². The zero-order chi connectivity index (χ0) is 13.9. The molecule has 1 aromatic carbocycles. The summed E-state index contributed by atoms with van der Waals surface area (Å²) in [6.45, 7) is 0. The maximum Gasteiger partial charge on any atom is 0.223 e. The van der Waals surface area contributed by atoms with Crippen molar-refractivity contribution in [2.45, 2.75) is 38.0 Å². The van der Waals surface area contributed by atoms with E-state index in [2.05, 4.69) is 30.9 Å². The third-order valence-corrected chi connectivity index (χ3v) is 4.45. The molecule has 104 valence electrons. The van der Waals surface area contributed by atoms with E-state index in [9.17, 15) is 0 Å². The molecule has 0 saturated heterocycles. The van der Waals surface area contributed by atoms with Gasteiger partial charge in [-0.1, -0.05) is 53.4 Å². The number of hydrogen-bond donors (Lipinski definition) is 1. The van der Waals surface area contributed by atoms with Gasteiger partial charge < -0.3 is 5.73 Å². The zero-order valence-corrected chi connectivity index (χ0v) is 12.8. The second kappa shape index (κ2) is 5.87. The van der Waals surface area contributed by atoms with E-state index in [4.69, 9.17) is 5.73 Å². The van der Waals surface area contributed by atoms with E-state index < -0.39 is 0 Å². The number of hydrogen-bond acceptors (Lipinski definition) is 4. The molecule has 0 bridgehead atoms. The van der Waals surface area contributed by atoms with E-state index in [1.54, 1.807) is 0 Å². The van der Waals surface area contributed by atoms with Crippen LogP contribution >= 0.6 is 15.9 Å². The Kier molecular flexibility index (Phi) is 3.96. The highest BCUT2D eigenvalue weighted by atomic mass is 79.9. The van der Waals surface area contributed by atoms with Crippen molar-refractivity contribution in [3.05, 3.63) is 34.6 Å². The number of nitrogen functional groups attached to an aromatic ring is 1. The molecule has 1 aliphatic rings. The van der Waals surface area contributed by atoms with Crippen LogP contribution in [0.25, 0.3) is 11.4 Å². The second-order valence-corrected chi connectivity index (χ2v) is 6.04. The normalized spacial score (nSPS) is 16.2. The third kappa shape index (κ3) is 2.82. The molecule has 1 aromatic heterocycles. The number of benzene rings is 1. The third-order valence-electron chi connectivity index (χ3n) is 3.76. The molecule has 0 unspecified atom stereocenters. The van der Waals surface area contributed by atoms with Gasteiger partial charge in [0.25, 0.3) is 0 Å². The molecule has 20 heavy (non-hydrogen) atoms. The van der Waals surface area contributed by atoms with Crippen molar-refractivity contribution in [3.63, 3.8) is 0 Å². The van der Waals surface area contributed by atoms with Gasteiger partial charge in [-0.25, -0.2) is 4.98 Å². The lowest BCUT2D eigenvalue weighted by Crippen LogP contribution is -2.12. The van der Waals surface area contributed by atoms with Crippen LogP contribution in [0.15, 0.2) is 28.7 Å². The number of halogens is 1. The first-order valence-electron chi connectivity index (χ1n) is 7.00. The maximum absolute atomic E-state index is 5.88. The van der Waals surface area contributed by atoms with Crippen molar-refractivity contribution in [1.29, 1.82) is 0 Å². The second-order valence-electron chi connectivity index (χ2n) is 5.19. The largest absolute Gasteiger partial charge is 0.368 e. The smallest absolute Gasteiger partial charge is 0.223 e. The highest BCUT2D eigenvalue weighted by Crippen LogP contribution is 2.32. The standard InChI is InChI=1S/C15H17BrN4/c16-12-9-5-4-8-11(12)14-18-13(19-15(17)20-14)10-6-2-1-3-7-10/h4-5,8-10H,1-3,6-7H2,(H2,17,18,19,20). The first-order valence-corrected chi connectivity index (χ1v) is 7.79. The molecule has 2 N–H and O–H groups in total. The molecule has 0 radical (unpaired) electrons. The van der Waals surface area contributed by atoms with Crippen molar-refractivity contribution in [2.75, 3.05) is 5.73 Å². The van der Waals surface area contributed by atoms with Crippen molar-refractivity contribution < 1.29 is 0 Å². The van der Waals surface area contributed by atoms with Gasteiger partial charge in [0.2, 0.25) is 5.95 Å². The first-order chi connectivity index (χ1) is 9.74. The van der Waals surface area contributed by atoms with Crippen LogP contribution in [0.3, 0.4) is 0 Å². The number of rotatable bonds is 2. The van der Waals surface area contributed by atoms with Gasteiger partial charge in [0, 0.05) is 16.0 Å². The number of aromatic nitrogens is 3. The molecular weight excluding hydrogens is 316 g/mol. The molecule has 2 aromatic rings. The van der Waals surface area contributed by atoms with Gasteiger partial charge >= 0.3 is 0 Å². The fraction of sp³-hybridized carbons (Fsp3) is 0.400.